The maximum absolute atomic E-state index is 12.5. The van der Waals surface area contributed by atoms with Crippen molar-refractivity contribution < 1.29 is 9.59 Å². The lowest BCUT2D eigenvalue weighted by Crippen LogP contribution is -2.54. The standard InChI is InChI=1S/C16H21ClN4O2S.ClH/c1-18(2)21-8-6-19(7-9-21)15(22)11-20-10-12-13(17)4-3-5-14(12)24-16(20)23;/h3-5H,6-11H2,1-2H3;1H. The highest BCUT2D eigenvalue weighted by Crippen LogP contribution is 2.35. The Balaban J connectivity index is 0.00000225. The van der Waals surface area contributed by atoms with Gasteiger partial charge in [0.2, 0.25) is 5.91 Å². The van der Waals surface area contributed by atoms with Gasteiger partial charge in [0.25, 0.3) is 5.24 Å². The number of amides is 2. The molecular weight excluding hydrogens is 383 g/mol. The number of rotatable bonds is 3. The summed E-state index contributed by atoms with van der Waals surface area (Å²) in [4.78, 5) is 29.1. The van der Waals surface area contributed by atoms with Crippen molar-refractivity contribution in [3.05, 3.63) is 28.8 Å². The first-order valence-electron chi connectivity index (χ1n) is 7.90. The summed E-state index contributed by atoms with van der Waals surface area (Å²) in [6.45, 7) is 3.50. The van der Waals surface area contributed by atoms with Gasteiger partial charge < -0.3 is 9.80 Å². The highest BCUT2D eigenvalue weighted by Gasteiger charge is 2.29. The number of thioether (sulfide) groups is 1. The Morgan fingerprint density at radius 2 is 1.92 bits per heavy atom. The highest BCUT2D eigenvalue weighted by molar-refractivity contribution is 8.13. The number of benzene rings is 1. The second kappa shape index (κ2) is 8.60. The molecule has 0 spiro atoms. The minimum atomic E-state index is -0.0926. The number of carbonyl (C=O) groups is 2. The van der Waals surface area contributed by atoms with Gasteiger partial charge in [0.1, 0.15) is 6.54 Å². The molecular formula is C16H22Cl2N4O2S. The van der Waals surface area contributed by atoms with Crippen LogP contribution < -0.4 is 0 Å². The van der Waals surface area contributed by atoms with Crippen molar-refractivity contribution in [3.8, 4) is 0 Å². The number of hydrogen-bond acceptors (Lipinski definition) is 5. The summed E-state index contributed by atoms with van der Waals surface area (Å²) in [6.07, 6.45) is 0. The van der Waals surface area contributed by atoms with Gasteiger partial charge in [-0.15, -0.1) is 12.4 Å². The Labute approximate surface area is 163 Å². The van der Waals surface area contributed by atoms with Gasteiger partial charge in [0.05, 0.1) is 0 Å². The Bertz CT molecular complexity index is 651. The molecule has 0 unspecified atom stereocenters. The number of hydrogen-bond donors (Lipinski definition) is 0. The number of nitrogens with zero attached hydrogens (tertiary/aromatic N) is 4. The number of carbonyl (C=O) groups excluding carboxylic acids is 2. The van der Waals surface area contributed by atoms with Gasteiger partial charge in [-0.25, -0.2) is 10.0 Å². The predicted molar refractivity (Wildman–Crippen MR) is 102 cm³/mol. The van der Waals surface area contributed by atoms with Crippen LogP contribution >= 0.6 is 35.8 Å². The van der Waals surface area contributed by atoms with Gasteiger partial charge in [0.15, 0.2) is 0 Å². The molecule has 25 heavy (non-hydrogen) atoms. The van der Waals surface area contributed by atoms with E-state index >= 15 is 0 Å². The second-order valence-electron chi connectivity index (χ2n) is 6.12. The van der Waals surface area contributed by atoms with Crippen LogP contribution in [0.15, 0.2) is 23.1 Å². The van der Waals surface area contributed by atoms with Crippen LogP contribution in [-0.2, 0) is 11.3 Å². The molecule has 0 bridgehead atoms. The Hall–Kier alpha value is -0.990. The third-order valence-electron chi connectivity index (χ3n) is 4.38. The maximum Gasteiger partial charge on any atom is 0.287 e. The molecule has 1 aromatic rings. The summed E-state index contributed by atoms with van der Waals surface area (Å²) in [5, 5.41) is 4.79. The zero-order chi connectivity index (χ0) is 17.3. The van der Waals surface area contributed by atoms with Gasteiger partial charge >= 0.3 is 0 Å². The predicted octanol–water partition coefficient (Wildman–Crippen LogP) is 2.41. The Morgan fingerprint density at radius 3 is 2.56 bits per heavy atom. The number of piperazine rings is 1. The van der Waals surface area contributed by atoms with Crippen molar-refractivity contribution in [1.29, 1.82) is 0 Å². The van der Waals surface area contributed by atoms with Crippen LogP contribution in [0, 0.1) is 0 Å². The second-order valence-corrected chi connectivity index (χ2v) is 7.52. The third-order valence-corrected chi connectivity index (χ3v) is 5.77. The first-order valence-corrected chi connectivity index (χ1v) is 9.09. The van der Waals surface area contributed by atoms with Crippen molar-refractivity contribution in [3.63, 3.8) is 0 Å². The van der Waals surface area contributed by atoms with Crippen LogP contribution in [0.25, 0.3) is 0 Å². The minimum Gasteiger partial charge on any atom is -0.338 e. The molecule has 1 aromatic carbocycles. The lowest BCUT2D eigenvalue weighted by atomic mass is 10.2. The molecule has 0 saturated carbocycles. The fraction of sp³-hybridized carbons (Fsp3) is 0.500. The van der Waals surface area contributed by atoms with Crippen molar-refractivity contribution >= 4 is 46.9 Å². The van der Waals surface area contributed by atoms with Gasteiger partial charge in [0, 0.05) is 62.3 Å². The molecule has 0 N–H and O–H groups in total. The molecule has 9 heteroatoms. The van der Waals surface area contributed by atoms with Crippen molar-refractivity contribution in [2.45, 2.75) is 11.4 Å². The van der Waals surface area contributed by atoms with Crippen LogP contribution in [0.4, 0.5) is 4.79 Å². The van der Waals surface area contributed by atoms with E-state index in [-0.39, 0.29) is 30.1 Å². The van der Waals surface area contributed by atoms with Crippen LogP contribution in [0.3, 0.4) is 0 Å². The van der Waals surface area contributed by atoms with Crippen molar-refractivity contribution in [1.82, 2.24) is 19.8 Å². The Kier molecular flexibility index (Phi) is 6.99. The molecule has 3 rings (SSSR count). The van der Waals surface area contributed by atoms with Gasteiger partial charge in [-0.05, 0) is 23.9 Å². The quantitative estimate of drug-likeness (QED) is 0.773. The van der Waals surface area contributed by atoms with E-state index in [0.29, 0.717) is 24.7 Å². The summed E-state index contributed by atoms with van der Waals surface area (Å²) in [6, 6.07) is 5.55. The summed E-state index contributed by atoms with van der Waals surface area (Å²) >= 11 is 7.37. The lowest BCUT2D eigenvalue weighted by molar-refractivity contribution is -0.136. The van der Waals surface area contributed by atoms with E-state index in [1.807, 2.05) is 42.2 Å². The van der Waals surface area contributed by atoms with Crippen LogP contribution in [0.5, 0.6) is 0 Å². The third kappa shape index (κ3) is 4.60. The number of halogens is 2. The van der Waals surface area contributed by atoms with E-state index in [0.717, 1.165) is 35.3 Å². The number of fused-ring (bicyclic) bond motifs is 1. The van der Waals surface area contributed by atoms with Gasteiger partial charge in [-0.3, -0.25) is 9.59 Å². The number of hydrazine groups is 1. The fourth-order valence-electron chi connectivity index (χ4n) is 2.93. The van der Waals surface area contributed by atoms with Crippen LogP contribution in [0.2, 0.25) is 5.02 Å². The van der Waals surface area contributed by atoms with Crippen LogP contribution in [-0.4, -0.2) is 77.8 Å². The molecule has 1 fully saturated rings. The summed E-state index contributed by atoms with van der Waals surface area (Å²) < 4.78 is 0. The molecule has 0 radical (unpaired) electrons. The molecule has 2 aliphatic rings. The minimum absolute atomic E-state index is 0. The fourth-order valence-corrected chi connectivity index (χ4v) is 4.11. The summed E-state index contributed by atoms with van der Waals surface area (Å²) in [5.41, 5.74) is 0.925. The van der Waals surface area contributed by atoms with E-state index in [1.165, 1.54) is 0 Å². The first kappa shape index (κ1) is 20.3. The molecule has 1 saturated heterocycles. The van der Waals surface area contributed by atoms with Crippen LogP contribution in [0.1, 0.15) is 5.56 Å². The average Bonchev–Trinajstić information content (AvgIpc) is 2.56. The first-order chi connectivity index (χ1) is 11.5. The average molecular weight is 405 g/mol. The summed E-state index contributed by atoms with van der Waals surface area (Å²) in [7, 11) is 4.00. The molecule has 138 valence electrons. The highest BCUT2D eigenvalue weighted by atomic mass is 35.5. The summed E-state index contributed by atoms with van der Waals surface area (Å²) in [5.74, 6) is -0.00198. The zero-order valence-corrected chi connectivity index (χ0v) is 16.7. The van der Waals surface area contributed by atoms with Crippen molar-refractivity contribution in [2.75, 3.05) is 46.8 Å². The maximum atomic E-state index is 12.5. The van der Waals surface area contributed by atoms with Gasteiger partial charge in [-0.1, -0.05) is 17.7 Å². The lowest BCUT2D eigenvalue weighted by Gasteiger charge is -2.38. The molecule has 0 aliphatic carbocycles. The normalized spacial score (nSPS) is 18.2. The van der Waals surface area contributed by atoms with Gasteiger partial charge in [-0.2, -0.15) is 0 Å². The van der Waals surface area contributed by atoms with E-state index in [2.05, 4.69) is 5.01 Å². The van der Waals surface area contributed by atoms with E-state index in [4.69, 9.17) is 11.6 Å². The van der Waals surface area contributed by atoms with Crippen molar-refractivity contribution in [2.24, 2.45) is 0 Å². The molecule has 6 nitrogen and oxygen atoms in total. The monoisotopic (exact) mass is 404 g/mol. The largest absolute Gasteiger partial charge is 0.338 e. The van der Waals surface area contributed by atoms with E-state index < -0.39 is 0 Å². The molecule has 2 aliphatic heterocycles. The molecule has 2 heterocycles. The topological polar surface area (TPSA) is 47.1 Å². The smallest absolute Gasteiger partial charge is 0.287 e. The SMILES string of the molecule is CN(C)N1CCN(C(=O)CN2Cc3c(Cl)cccc3SC2=O)CC1.Cl. The molecule has 0 atom stereocenters. The Morgan fingerprint density at radius 1 is 1.24 bits per heavy atom. The zero-order valence-electron chi connectivity index (χ0n) is 14.3. The molecule has 2 amide bonds. The molecule has 0 aromatic heterocycles. The van der Waals surface area contributed by atoms with E-state index in [9.17, 15) is 9.59 Å². The van der Waals surface area contributed by atoms with E-state index in [1.54, 1.807) is 4.90 Å².